The second-order valence-corrected chi connectivity index (χ2v) is 5.81. The maximum absolute atomic E-state index is 12.3. The number of aromatic nitrogens is 4. The molecule has 0 aromatic carbocycles. The molecule has 0 amide bonds. The fraction of sp³-hybridized carbons (Fsp3) is 0.467. The monoisotopic (exact) mass is 283 g/mol. The Hall–Kier alpha value is -2.08. The van der Waals surface area contributed by atoms with Crippen molar-refractivity contribution in [2.24, 2.45) is 0 Å². The third-order valence-electron chi connectivity index (χ3n) is 4.13. The maximum Gasteiger partial charge on any atom is 0.255 e. The zero-order valence-corrected chi connectivity index (χ0v) is 11.7. The van der Waals surface area contributed by atoms with Crippen LogP contribution in [0, 0.1) is 0 Å². The largest absolute Gasteiger partial charge is 0.310 e. The fourth-order valence-electron chi connectivity index (χ4n) is 2.83. The Kier molecular flexibility index (Phi) is 3.03. The number of hydrogen-bond acceptors (Lipinski definition) is 5. The van der Waals surface area contributed by atoms with Crippen molar-refractivity contribution < 1.29 is 0 Å². The first-order chi connectivity index (χ1) is 10.3. The summed E-state index contributed by atoms with van der Waals surface area (Å²) >= 11 is 0. The van der Waals surface area contributed by atoms with E-state index in [0.29, 0.717) is 12.5 Å². The molecule has 1 fully saturated rings. The average molecular weight is 283 g/mol. The first-order valence-electron chi connectivity index (χ1n) is 7.39. The summed E-state index contributed by atoms with van der Waals surface area (Å²) in [6.45, 7) is 2.26. The quantitative estimate of drug-likeness (QED) is 0.909. The minimum absolute atomic E-state index is 0.0331. The van der Waals surface area contributed by atoms with Gasteiger partial charge in [-0.05, 0) is 12.8 Å². The summed E-state index contributed by atoms with van der Waals surface area (Å²) in [5.41, 5.74) is 2.76. The molecule has 21 heavy (non-hydrogen) atoms. The Morgan fingerprint density at radius 3 is 3.00 bits per heavy atom. The van der Waals surface area contributed by atoms with Crippen molar-refractivity contribution in [2.75, 3.05) is 6.54 Å². The van der Waals surface area contributed by atoms with Gasteiger partial charge in [-0.1, -0.05) is 0 Å². The van der Waals surface area contributed by atoms with Crippen LogP contribution in [0.3, 0.4) is 0 Å². The minimum atomic E-state index is 0.0331. The second-order valence-electron chi connectivity index (χ2n) is 5.81. The van der Waals surface area contributed by atoms with E-state index in [4.69, 9.17) is 0 Å². The van der Waals surface area contributed by atoms with Gasteiger partial charge in [-0.25, -0.2) is 4.98 Å². The first-order valence-corrected chi connectivity index (χ1v) is 7.39. The lowest BCUT2D eigenvalue weighted by Crippen LogP contribution is -2.36. The van der Waals surface area contributed by atoms with E-state index in [1.54, 1.807) is 18.6 Å². The van der Waals surface area contributed by atoms with Crippen molar-refractivity contribution in [2.45, 2.75) is 38.3 Å². The number of nitrogens with one attached hydrogen (secondary N) is 1. The molecule has 0 unspecified atom stereocenters. The predicted molar refractivity (Wildman–Crippen MR) is 76.7 cm³/mol. The smallest absolute Gasteiger partial charge is 0.255 e. The highest BCUT2D eigenvalue weighted by Crippen LogP contribution is 2.37. The van der Waals surface area contributed by atoms with Gasteiger partial charge in [0, 0.05) is 50.6 Å². The van der Waals surface area contributed by atoms with Gasteiger partial charge >= 0.3 is 0 Å². The molecule has 0 atom stereocenters. The summed E-state index contributed by atoms with van der Waals surface area (Å²) < 4.78 is 0. The van der Waals surface area contributed by atoms with Gasteiger partial charge in [0.2, 0.25) is 0 Å². The third-order valence-corrected chi connectivity index (χ3v) is 4.13. The van der Waals surface area contributed by atoms with E-state index in [-0.39, 0.29) is 5.56 Å². The van der Waals surface area contributed by atoms with Crippen molar-refractivity contribution in [1.29, 1.82) is 0 Å². The molecule has 1 N–H and O–H groups in total. The van der Waals surface area contributed by atoms with Crippen LogP contribution in [-0.2, 0) is 19.5 Å². The van der Waals surface area contributed by atoms with Gasteiger partial charge in [0.15, 0.2) is 0 Å². The van der Waals surface area contributed by atoms with Crippen LogP contribution in [0.2, 0.25) is 0 Å². The molecule has 4 rings (SSSR count). The molecule has 0 radical (unpaired) electrons. The van der Waals surface area contributed by atoms with Crippen LogP contribution in [0.25, 0.3) is 0 Å². The number of nitrogens with zero attached hydrogens (tertiary/aromatic N) is 4. The van der Waals surface area contributed by atoms with Gasteiger partial charge in [-0.2, -0.15) is 0 Å². The van der Waals surface area contributed by atoms with Gasteiger partial charge < -0.3 is 4.98 Å². The summed E-state index contributed by atoms with van der Waals surface area (Å²) in [4.78, 5) is 30.5. The summed E-state index contributed by atoms with van der Waals surface area (Å²) in [6, 6.07) is 0. The SMILES string of the molecule is O=c1[nH]c(C2CC2)nc2c1CN(Cc1cnccn1)CC2. The molecule has 0 saturated heterocycles. The topological polar surface area (TPSA) is 74.8 Å². The molecule has 2 aliphatic rings. The molecule has 2 aromatic rings. The second kappa shape index (κ2) is 5.04. The fourth-order valence-corrected chi connectivity index (χ4v) is 2.83. The standard InChI is InChI=1S/C15H17N5O/c21-15-12-9-20(8-11-7-16-4-5-17-11)6-3-13(12)18-14(19-15)10-1-2-10/h4-5,7,10H,1-3,6,8-9H2,(H,18,19,21). The number of H-pyrrole nitrogens is 1. The summed E-state index contributed by atoms with van der Waals surface area (Å²) in [5, 5.41) is 0. The molecule has 3 heterocycles. The lowest BCUT2D eigenvalue weighted by Gasteiger charge is -2.27. The molecule has 2 aromatic heterocycles. The number of hydrogen-bond donors (Lipinski definition) is 1. The van der Waals surface area contributed by atoms with Crippen molar-refractivity contribution in [3.8, 4) is 0 Å². The van der Waals surface area contributed by atoms with Crippen LogP contribution in [0.15, 0.2) is 23.4 Å². The van der Waals surface area contributed by atoms with E-state index >= 15 is 0 Å². The number of rotatable bonds is 3. The summed E-state index contributed by atoms with van der Waals surface area (Å²) in [5.74, 6) is 1.38. The molecule has 1 aliphatic carbocycles. The number of aromatic amines is 1. The molecule has 0 spiro atoms. The van der Waals surface area contributed by atoms with Gasteiger partial charge in [-0.3, -0.25) is 19.7 Å². The maximum atomic E-state index is 12.3. The molecule has 0 bridgehead atoms. The van der Waals surface area contributed by atoms with Crippen LogP contribution in [0.4, 0.5) is 0 Å². The van der Waals surface area contributed by atoms with Crippen LogP contribution in [0.5, 0.6) is 0 Å². The van der Waals surface area contributed by atoms with Crippen LogP contribution < -0.4 is 5.56 Å². The lowest BCUT2D eigenvalue weighted by molar-refractivity contribution is 0.238. The van der Waals surface area contributed by atoms with Crippen molar-refractivity contribution in [3.63, 3.8) is 0 Å². The lowest BCUT2D eigenvalue weighted by atomic mass is 10.1. The summed E-state index contributed by atoms with van der Waals surface area (Å²) in [7, 11) is 0. The summed E-state index contributed by atoms with van der Waals surface area (Å²) in [6.07, 6.45) is 8.28. The normalized spacial score (nSPS) is 18.5. The van der Waals surface area contributed by atoms with E-state index in [0.717, 1.165) is 55.1 Å². The van der Waals surface area contributed by atoms with E-state index in [2.05, 4.69) is 24.8 Å². The zero-order chi connectivity index (χ0) is 14.2. The van der Waals surface area contributed by atoms with E-state index in [9.17, 15) is 4.79 Å². The highest BCUT2D eigenvalue weighted by Gasteiger charge is 2.29. The van der Waals surface area contributed by atoms with Crippen molar-refractivity contribution >= 4 is 0 Å². The highest BCUT2D eigenvalue weighted by molar-refractivity contribution is 5.23. The Balaban J connectivity index is 1.56. The van der Waals surface area contributed by atoms with Crippen LogP contribution in [0.1, 0.15) is 41.5 Å². The van der Waals surface area contributed by atoms with Crippen LogP contribution >= 0.6 is 0 Å². The van der Waals surface area contributed by atoms with E-state index in [1.165, 1.54) is 0 Å². The molecular weight excluding hydrogens is 266 g/mol. The van der Waals surface area contributed by atoms with Gasteiger partial charge in [0.05, 0.1) is 17.0 Å². The Bertz CT molecular complexity index is 708. The third kappa shape index (κ3) is 2.58. The highest BCUT2D eigenvalue weighted by atomic mass is 16.1. The Morgan fingerprint density at radius 2 is 2.24 bits per heavy atom. The Morgan fingerprint density at radius 1 is 1.33 bits per heavy atom. The van der Waals surface area contributed by atoms with Gasteiger partial charge in [0.25, 0.3) is 5.56 Å². The number of fused-ring (bicyclic) bond motifs is 1. The van der Waals surface area contributed by atoms with Crippen molar-refractivity contribution in [3.05, 3.63) is 51.7 Å². The molecule has 1 saturated carbocycles. The van der Waals surface area contributed by atoms with E-state index < -0.39 is 0 Å². The minimum Gasteiger partial charge on any atom is -0.310 e. The molecular formula is C15H17N5O. The Labute approximate surface area is 122 Å². The molecule has 6 heteroatoms. The average Bonchev–Trinajstić information content (AvgIpc) is 3.33. The first kappa shape index (κ1) is 12.6. The van der Waals surface area contributed by atoms with Crippen LogP contribution in [-0.4, -0.2) is 31.4 Å². The van der Waals surface area contributed by atoms with Crippen molar-refractivity contribution in [1.82, 2.24) is 24.8 Å². The molecule has 108 valence electrons. The molecule has 1 aliphatic heterocycles. The van der Waals surface area contributed by atoms with E-state index in [1.807, 2.05) is 0 Å². The van der Waals surface area contributed by atoms with Gasteiger partial charge in [0.1, 0.15) is 5.82 Å². The van der Waals surface area contributed by atoms with Gasteiger partial charge in [-0.15, -0.1) is 0 Å². The molecule has 6 nitrogen and oxygen atoms in total. The zero-order valence-electron chi connectivity index (χ0n) is 11.7. The predicted octanol–water partition coefficient (Wildman–Crippen LogP) is 0.996.